The number of rotatable bonds is 13. The number of ether oxygens (including phenoxy) is 3. The number of benzene rings is 1. The van der Waals surface area contributed by atoms with Crippen LogP contribution in [0.1, 0.15) is 37.4 Å². The highest BCUT2D eigenvalue weighted by Gasteiger charge is 2.57. The van der Waals surface area contributed by atoms with E-state index in [0.717, 1.165) is 17.4 Å². The van der Waals surface area contributed by atoms with Crippen molar-refractivity contribution in [3.8, 4) is 0 Å². The summed E-state index contributed by atoms with van der Waals surface area (Å²) in [5.74, 6) is -1.52. The van der Waals surface area contributed by atoms with Crippen molar-refractivity contribution in [2.75, 3.05) is 20.3 Å². The van der Waals surface area contributed by atoms with Crippen molar-refractivity contribution in [1.29, 1.82) is 0 Å². The number of methoxy groups -OCH3 is 1. The van der Waals surface area contributed by atoms with Crippen LogP contribution in [0.15, 0.2) is 36.5 Å². The van der Waals surface area contributed by atoms with Crippen molar-refractivity contribution < 1.29 is 49.0 Å². The lowest BCUT2D eigenvalue weighted by Crippen LogP contribution is -2.67. The Morgan fingerprint density at radius 3 is 2.61 bits per heavy atom. The highest BCUT2D eigenvalue weighted by Crippen LogP contribution is 2.36. The van der Waals surface area contributed by atoms with Gasteiger partial charge in [0.25, 0.3) is 5.72 Å². The van der Waals surface area contributed by atoms with E-state index in [1.807, 2.05) is 30.3 Å². The Hall–Kier alpha value is -3.63. The largest absolute Gasteiger partial charge is 0.465 e. The van der Waals surface area contributed by atoms with Gasteiger partial charge in [-0.3, -0.25) is 4.79 Å². The topological polar surface area (TPSA) is 215 Å². The number of aliphatic hydroxyl groups excluding tert-OH is 4. The maximum Gasteiger partial charge on any atom is 0.407 e. The van der Waals surface area contributed by atoms with Crippen LogP contribution < -0.4 is 10.6 Å². The van der Waals surface area contributed by atoms with Crippen LogP contribution in [0.3, 0.4) is 0 Å². The van der Waals surface area contributed by atoms with E-state index in [9.17, 15) is 34.8 Å². The SMILES string of the molecule is COC(=O)C1(n2cc(CCCCNC(=O)OCc3ccccc3)nn2)CC(O)C(NC(C)=O)C(C(O)[C@H](O)CO)O1. The Morgan fingerprint density at radius 2 is 1.95 bits per heavy atom. The molecule has 1 fully saturated rings. The van der Waals surface area contributed by atoms with Crippen LogP contribution in [-0.2, 0) is 42.6 Å². The van der Waals surface area contributed by atoms with E-state index in [1.165, 1.54) is 13.1 Å². The molecule has 6 N–H and O–H groups in total. The molecule has 41 heavy (non-hydrogen) atoms. The molecule has 1 aromatic carbocycles. The lowest BCUT2D eigenvalue weighted by atomic mass is 9.87. The summed E-state index contributed by atoms with van der Waals surface area (Å²) in [4.78, 5) is 36.6. The number of carbonyl (C=O) groups excluding carboxylic acids is 3. The minimum absolute atomic E-state index is 0.164. The van der Waals surface area contributed by atoms with Crippen molar-refractivity contribution >= 4 is 18.0 Å². The molecule has 1 aliphatic rings. The molecule has 0 radical (unpaired) electrons. The molecule has 1 aliphatic heterocycles. The standard InChI is InChI=1S/C26H37N5O10/c1-16(33)28-21-19(34)12-26(24(37)39-2,41-23(21)22(36)20(35)14-32)31-13-18(29-30-31)10-6-7-11-27-25(38)40-15-17-8-4-3-5-9-17/h3-5,8-9,13,19-23,32,34-36H,6-7,10-12,14-15H2,1-2H3,(H,27,38)(H,28,33)/t19?,20-,21?,22?,23?,26?/m1/s1. The summed E-state index contributed by atoms with van der Waals surface area (Å²) in [7, 11) is 1.10. The van der Waals surface area contributed by atoms with Crippen molar-refractivity contribution in [2.45, 2.75) is 75.4 Å². The van der Waals surface area contributed by atoms with Gasteiger partial charge in [-0.1, -0.05) is 35.5 Å². The van der Waals surface area contributed by atoms with E-state index in [1.54, 1.807) is 0 Å². The predicted molar refractivity (Wildman–Crippen MR) is 140 cm³/mol. The second-order valence-electron chi connectivity index (χ2n) is 9.70. The fraction of sp³-hybridized carbons (Fsp3) is 0.577. The molecule has 5 unspecified atom stereocenters. The summed E-state index contributed by atoms with van der Waals surface area (Å²) < 4.78 is 17.1. The number of aryl methyl sites for hydroxylation is 1. The van der Waals surface area contributed by atoms with E-state index in [4.69, 9.17) is 14.2 Å². The number of aliphatic hydroxyl groups is 4. The molecule has 1 aromatic heterocycles. The molecule has 1 saturated heterocycles. The fourth-order valence-corrected chi connectivity index (χ4v) is 4.52. The zero-order chi connectivity index (χ0) is 30.0. The molecule has 0 saturated carbocycles. The van der Waals surface area contributed by atoms with E-state index < -0.39 is 67.2 Å². The molecular formula is C26H37N5O10. The number of hydrogen-bond donors (Lipinski definition) is 6. The molecule has 0 spiro atoms. The van der Waals surface area contributed by atoms with Gasteiger partial charge in [0, 0.05) is 19.9 Å². The summed E-state index contributed by atoms with van der Waals surface area (Å²) in [5, 5.41) is 54.2. The molecule has 2 heterocycles. The first kappa shape index (κ1) is 31.9. The first-order valence-corrected chi connectivity index (χ1v) is 13.2. The Morgan fingerprint density at radius 1 is 1.22 bits per heavy atom. The number of carbonyl (C=O) groups is 3. The lowest BCUT2D eigenvalue weighted by molar-refractivity contribution is -0.260. The molecule has 2 aromatic rings. The van der Waals surface area contributed by atoms with Gasteiger partial charge in [-0.15, -0.1) is 5.10 Å². The van der Waals surface area contributed by atoms with Crippen LogP contribution in [0.2, 0.25) is 0 Å². The highest BCUT2D eigenvalue weighted by atomic mass is 16.6. The Balaban J connectivity index is 1.63. The van der Waals surface area contributed by atoms with Crippen molar-refractivity contribution in [3.63, 3.8) is 0 Å². The Bertz CT molecular complexity index is 1150. The van der Waals surface area contributed by atoms with Gasteiger partial charge in [0.15, 0.2) is 0 Å². The maximum absolute atomic E-state index is 13.0. The lowest BCUT2D eigenvalue weighted by Gasteiger charge is -2.47. The molecule has 2 amide bonds. The minimum atomic E-state index is -2.10. The van der Waals surface area contributed by atoms with Crippen molar-refractivity contribution in [1.82, 2.24) is 25.6 Å². The molecule has 0 aliphatic carbocycles. The highest BCUT2D eigenvalue weighted by molar-refractivity contribution is 5.77. The van der Waals surface area contributed by atoms with Crippen LogP contribution in [0.5, 0.6) is 0 Å². The second kappa shape index (κ2) is 14.8. The number of nitrogens with one attached hydrogen (secondary N) is 2. The van der Waals surface area contributed by atoms with Crippen molar-refractivity contribution in [2.24, 2.45) is 0 Å². The first-order chi connectivity index (χ1) is 19.6. The first-order valence-electron chi connectivity index (χ1n) is 13.2. The number of aromatic nitrogens is 3. The summed E-state index contributed by atoms with van der Waals surface area (Å²) in [6.45, 7) is 0.868. The van der Waals surface area contributed by atoms with Crippen LogP contribution in [0, 0.1) is 0 Å². The molecule has 3 rings (SSSR count). The van der Waals surface area contributed by atoms with Gasteiger partial charge in [-0.05, 0) is 24.8 Å². The Kier molecular flexibility index (Phi) is 11.5. The fourth-order valence-electron chi connectivity index (χ4n) is 4.52. The zero-order valence-electron chi connectivity index (χ0n) is 22.9. The van der Waals surface area contributed by atoms with Gasteiger partial charge in [0.1, 0.15) is 24.9 Å². The van der Waals surface area contributed by atoms with E-state index in [-0.39, 0.29) is 6.61 Å². The molecule has 15 nitrogen and oxygen atoms in total. The molecular weight excluding hydrogens is 542 g/mol. The van der Waals surface area contributed by atoms with Gasteiger partial charge in [-0.2, -0.15) is 0 Å². The number of nitrogens with zero attached hydrogens (tertiary/aromatic N) is 3. The van der Waals surface area contributed by atoms with Crippen LogP contribution >= 0.6 is 0 Å². The summed E-state index contributed by atoms with van der Waals surface area (Å²) in [5.41, 5.74) is -0.755. The summed E-state index contributed by atoms with van der Waals surface area (Å²) >= 11 is 0. The van der Waals surface area contributed by atoms with Crippen LogP contribution in [0.4, 0.5) is 4.79 Å². The van der Waals surface area contributed by atoms with E-state index in [2.05, 4.69) is 20.9 Å². The van der Waals surface area contributed by atoms with E-state index >= 15 is 0 Å². The number of hydrogen-bond acceptors (Lipinski definition) is 12. The average Bonchev–Trinajstić information content (AvgIpc) is 3.45. The summed E-state index contributed by atoms with van der Waals surface area (Å²) in [6.07, 6.45) is -4.41. The van der Waals surface area contributed by atoms with Gasteiger partial charge < -0.3 is 45.3 Å². The second-order valence-corrected chi connectivity index (χ2v) is 9.70. The zero-order valence-corrected chi connectivity index (χ0v) is 22.9. The third-order valence-electron chi connectivity index (χ3n) is 6.63. The molecule has 15 heteroatoms. The molecule has 226 valence electrons. The van der Waals surface area contributed by atoms with Gasteiger partial charge in [0.2, 0.25) is 5.91 Å². The minimum Gasteiger partial charge on any atom is -0.465 e. The van der Waals surface area contributed by atoms with Crippen molar-refractivity contribution in [3.05, 3.63) is 47.8 Å². The number of amides is 2. The predicted octanol–water partition coefficient (Wildman–Crippen LogP) is -1.28. The average molecular weight is 580 g/mol. The van der Waals surface area contributed by atoms with Gasteiger partial charge in [0.05, 0.1) is 37.8 Å². The third kappa shape index (κ3) is 8.20. The normalized spacial score (nSPS) is 23.7. The third-order valence-corrected chi connectivity index (χ3v) is 6.63. The quantitative estimate of drug-likeness (QED) is 0.121. The molecule has 0 bridgehead atoms. The van der Waals surface area contributed by atoms with Crippen LogP contribution in [0.25, 0.3) is 0 Å². The number of unbranched alkanes of at least 4 members (excludes halogenated alkanes) is 1. The van der Waals surface area contributed by atoms with Gasteiger partial charge >= 0.3 is 12.1 Å². The Labute approximate surface area is 236 Å². The van der Waals surface area contributed by atoms with Gasteiger partial charge in [-0.25, -0.2) is 14.3 Å². The molecule has 6 atom stereocenters. The number of alkyl carbamates (subject to hydrolysis) is 1. The summed E-state index contributed by atoms with van der Waals surface area (Å²) in [6, 6.07) is 8.06. The number of esters is 1. The van der Waals surface area contributed by atoms with Crippen LogP contribution in [-0.4, -0.2) is 104 Å². The smallest absolute Gasteiger partial charge is 0.407 e. The maximum atomic E-state index is 13.0. The van der Waals surface area contributed by atoms with E-state index in [0.29, 0.717) is 31.5 Å². The monoisotopic (exact) mass is 579 g/mol.